The van der Waals surface area contributed by atoms with Gasteiger partial charge < -0.3 is 9.47 Å². The zero-order valence-electron chi connectivity index (χ0n) is 9.19. The molecule has 1 aliphatic rings. The maximum absolute atomic E-state index is 5.61. The topological polar surface area (TPSA) is 18.5 Å². The Bertz CT molecular complexity index is 352. The van der Waals surface area contributed by atoms with Crippen LogP contribution in [0, 0.1) is 0 Å². The molecule has 1 aliphatic heterocycles. The Hall–Kier alpha value is -1.44. The third kappa shape index (κ3) is 2.75. The van der Waals surface area contributed by atoms with Crippen molar-refractivity contribution >= 4 is 0 Å². The number of allylic oxidation sites excluding steroid dienone is 1. The standard InChI is InChI=1S/C13H16O2/c1-13(2)14-10-12(15-13)9-8-11-6-4-3-5-7-11/h3-7,10H,8-9H2,1-2H3. The molecule has 1 heterocycles. The molecule has 0 aliphatic carbocycles. The summed E-state index contributed by atoms with van der Waals surface area (Å²) in [6.07, 6.45) is 3.61. The van der Waals surface area contributed by atoms with E-state index in [-0.39, 0.29) is 0 Å². The monoisotopic (exact) mass is 204 g/mol. The van der Waals surface area contributed by atoms with Gasteiger partial charge in [-0.3, -0.25) is 0 Å². The van der Waals surface area contributed by atoms with Crippen LogP contribution in [0.4, 0.5) is 0 Å². The summed E-state index contributed by atoms with van der Waals surface area (Å²) in [5.74, 6) is 0.454. The largest absolute Gasteiger partial charge is 0.457 e. The minimum atomic E-state index is -0.480. The lowest BCUT2D eigenvalue weighted by molar-refractivity contribution is -0.117. The summed E-state index contributed by atoms with van der Waals surface area (Å²) in [6, 6.07) is 10.4. The van der Waals surface area contributed by atoms with Gasteiger partial charge in [0.15, 0.2) is 0 Å². The van der Waals surface area contributed by atoms with Crippen LogP contribution in [0.25, 0.3) is 0 Å². The van der Waals surface area contributed by atoms with E-state index < -0.39 is 5.79 Å². The van der Waals surface area contributed by atoms with Gasteiger partial charge in [0.1, 0.15) is 12.0 Å². The Morgan fingerprint density at radius 3 is 2.40 bits per heavy atom. The van der Waals surface area contributed by atoms with Crippen LogP contribution >= 0.6 is 0 Å². The van der Waals surface area contributed by atoms with E-state index in [1.165, 1.54) is 5.56 Å². The Morgan fingerprint density at radius 2 is 1.80 bits per heavy atom. The first kappa shape index (κ1) is 10.1. The van der Waals surface area contributed by atoms with Crippen molar-refractivity contribution in [1.82, 2.24) is 0 Å². The van der Waals surface area contributed by atoms with Gasteiger partial charge >= 0.3 is 0 Å². The van der Waals surface area contributed by atoms with Crippen molar-refractivity contribution in [1.29, 1.82) is 0 Å². The first-order valence-corrected chi connectivity index (χ1v) is 5.25. The molecule has 1 aromatic rings. The fraction of sp³-hybridized carbons (Fsp3) is 0.385. The van der Waals surface area contributed by atoms with Crippen LogP contribution in [0.15, 0.2) is 42.4 Å². The number of benzene rings is 1. The molecular formula is C13H16O2. The van der Waals surface area contributed by atoms with E-state index in [0.29, 0.717) is 0 Å². The van der Waals surface area contributed by atoms with Crippen LogP contribution in [-0.2, 0) is 15.9 Å². The van der Waals surface area contributed by atoms with Gasteiger partial charge in [-0.05, 0) is 12.0 Å². The summed E-state index contributed by atoms with van der Waals surface area (Å²) in [4.78, 5) is 0. The van der Waals surface area contributed by atoms with E-state index in [9.17, 15) is 0 Å². The highest BCUT2D eigenvalue weighted by Gasteiger charge is 2.26. The lowest BCUT2D eigenvalue weighted by Crippen LogP contribution is -2.20. The highest BCUT2D eigenvalue weighted by molar-refractivity contribution is 5.16. The smallest absolute Gasteiger partial charge is 0.244 e. The molecular weight excluding hydrogens is 188 g/mol. The lowest BCUT2D eigenvalue weighted by Gasteiger charge is -2.18. The van der Waals surface area contributed by atoms with Gasteiger partial charge in [0.2, 0.25) is 5.79 Å². The van der Waals surface area contributed by atoms with Gasteiger partial charge in [-0.1, -0.05) is 30.3 Å². The molecule has 0 radical (unpaired) electrons. The fourth-order valence-electron chi connectivity index (χ4n) is 1.59. The van der Waals surface area contributed by atoms with Crippen LogP contribution in [0.1, 0.15) is 25.8 Å². The van der Waals surface area contributed by atoms with Gasteiger partial charge in [-0.25, -0.2) is 0 Å². The third-order valence-corrected chi connectivity index (χ3v) is 2.35. The first-order chi connectivity index (χ1) is 7.16. The second-order valence-corrected chi connectivity index (χ2v) is 4.19. The van der Waals surface area contributed by atoms with Crippen molar-refractivity contribution in [2.24, 2.45) is 0 Å². The fourth-order valence-corrected chi connectivity index (χ4v) is 1.59. The molecule has 2 rings (SSSR count). The quantitative estimate of drug-likeness (QED) is 0.752. The molecule has 1 aromatic carbocycles. The molecule has 0 spiro atoms. The van der Waals surface area contributed by atoms with Crippen LogP contribution in [0.5, 0.6) is 0 Å². The van der Waals surface area contributed by atoms with Gasteiger partial charge in [-0.2, -0.15) is 0 Å². The summed E-state index contributed by atoms with van der Waals surface area (Å²) in [5.41, 5.74) is 1.33. The maximum Gasteiger partial charge on any atom is 0.244 e. The molecule has 2 nitrogen and oxygen atoms in total. The molecule has 0 amide bonds. The first-order valence-electron chi connectivity index (χ1n) is 5.25. The van der Waals surface area contributed by atoms with Crippen molar-refractivity contribution in [2.45, 2.75) is 32.5 Å². The van der Waals surface area contributed by atoms with E-state index in [4.69, 9.17) is 9.47 Å². The Labute approximate surface area is 90.5 Å². The second-order valence-electron chi connectivity index (χ2n) is 4.19. The van der Waals surface area contributed by atoms with Crippen molar-refractivity contribution in [3.05, 3.63) is 47.9 Å². The minimum Gasteiger partial charge on any atom is -0.457 e. The highest BCUT2D eigenvalue weighted by atomic mass is 16.7. The van der Waals surface area contributed by atoms with Crippen molar-refractivity contribution in [2.75, 3.05) is 0 Å². The molecule has 0 saturated heterocycles. The SMILES string of the molecule is CC1(C)OC=C(CCc2ccccc2)O1. The molecule has 0 atom stereocenters. The van der Waals surface area contributed by atoms with Gasteiger partial charge in [0.05, 0.1) is 0 Å². The summed E-state index contributed by atoms with van der Waals surface area (Å²) in [7, 11) is 0. The second kappa shape index (κ2) is 3.97. The van der Waals surface area contributed by atoms with Crippen LogP contribution in [0.2, 0.25) is 0 Å². The number of hydrogen-bond acceptors (Lipinski definition) is 2. The van der Waals surface area contributed by atoms with Crippen molar-refractivity contribution in [3.63, 3.8) is 0 Å². The molecule has 0 fully saturated rings. The number of rotatable bonds is 3. The molecule has 0 bridgehead atoms. The predicted molar refractivity (Wildman–Crippen MR) is 59.1 cm³/mol. The van der Waals surface area contributed by atoms with E-state index in [1.807, 2.05) is 19.9 Å². The number of aryl methyl sites for hydroxylation is 1. The van der Waals surface area contributed by atoms with Gasteiger partial charge in [0, 0.05) is 20.3 Å². The van der Waals surface area contributed by atoms with E-state index >= 15 is 0 Å². The van der Waals surface area contributed by atoms with Gasteiger partial charge in [-0.15, -0.1) is 0 Å². The average molecular weight is 204 g/mol. The highest BCUT2D eigenvalue weighted by Crippen LogP contribution is 2.26. The Balaban J connectivity index is 1.85. The summed E-state index contributed by atoms with van der Waals surface area (Å²) >= 11 is 0. The predicted octanol–water partition coefficient (Wildman–Crippen LogP) is 3.24. The van der Waals surface area contributed by atoms with E-state index in [0.717, 1.165) is 18.6 Å². The Kier molecular flexibility index (Phi) is 2.67. The molecule has 0 saturated carbocycles. The van der Waals surface area contributed by atoms with Crippen LogP contribution in [0.3, 0.4) is 0 Å². The molecule has 0 N–H and O–H groups in total. The minimum absolute atomic E-state index is 0.480. The van der Waals surface area contributed by atoms with Crippen molar-refractivity contribution < 1.29 is 9.47 Å². The Morgan fingerprint density at radius 1 is 1.07 bits per heavy atom. The lowest BCUT2D eigenvalue weighted by atomic mass is 10.1. The van der Waals surface area contributed by atoms with Gasteiger partial charge in [0.25, 0.3) is 0 Å². The molecule has 0 aromatic heterocycles. The van der Waals surface area contributed by atoms with E-state index in [1.54, 1.807) is 6.26 Å². The maximum atomic E-state index is 5.61. The van der Waals surface area contributed by atoms with Crippen LogP contribution < -0.4 is 0 Å². The normalized spacial score (nSPS) is 17.9. The summed E-state index contributed by atoms with van der Waals surface area (Å²) in [5, 5.41) is 0. The van der Waals surface area contributed by atoms with Crippen LogP contribution in [-0.4, -0.2) is 5.79 Å². The zero-order chi connectivity index (χ0) is 10.7. The average Bonchev–Trinajstić information content (AvgIpc) is 2.57. The number of ether oxygens (including phenoxy) is 2. The third-order valence-electron chi connectivity index (χ3n) is 2.35. The van der Waals surface area contributed by atoms with Crippen molar-refractivity contribution in [3.8, 4) is 0 Å². The summed E-state index contributed by atoms with van der Waals surface area (Å²) in [6.45, 7) is 3.83. The molecule has 15 heavy (non-hydrogen) atoms. The molecule has 80 valence electrons. The zero-order valence-corrected chi connectivity index (χ0v) is 9.19. The van der Waals surface area contributed by atoms with E-state index in [2.05, 4.69) is 24.3 Å². The number of hydrogen-bond donors (Lipinski definition) is 0. The molecule has 0 unspecified atom stereocenters. The molecule has 2 heteroatoms. The summed E-state index contributed by atoms with van der Waals surface area (Å²) < 4.78 is 11.0.